The van der Waals surface area contributed by atoms with Gasteiger partial charge in [0.1, 0.15) is 21.8 Å². The summed E-state index contributed by atoms with van der Waals surface area (Å²) in [6.45, 7) is 0. The molecule has 0 bridgehead atoms. The largest absolute Gasteiger partial charge is 0.229 e. The molecule has 76 valence electrons. The van der Waals surface area contributed by atoms with Crippen molar-refractivity contribution in [2.24, 2.45) is 0 Å². The van der Waals surface area contributed by atoms with Gasteiger partial charge in [-0.2, -0.15) is 0 Å². The van der Waals surface area contributed by atoms with Crippen LogP contribution in [-0.2, 0) is 0 Å². The van der Waals surface area contributed by atoms with Gasteiger partial charge in [0.25, 0.3) is 0 Å². The third kappa shape index (κ3) is 1.53. The molecule has 1 aromatic heterocycles. The lowest BCUT2D eigenvalue weighted by Gasteiger charge is -2.03. The predicted octanol–water partition coefficient (Wildman–Crippen LogP) is 3.41. The fourth-order valence-electron chi connectivity index (χ4n) is 1.62. The van der Waals surface area contributed by atoms with Crippen molar-refractivity contribution in [2.75, 3.05) is 0 Å². The van der Waals surface area contributed by atoms with E-state index < -0.39 is 0 Å². The smallest absolute Gasteiger partial charge is 0.149 e. The van der Waals surface area contributed by atoms with Crippen molar-refractivity contribution in [3.63, 3.8) is 0 Å². The van der Waals surface area contributed by atoms with Gasteiger partial charge in [0, 0.05) is 11.3 Å². The molecule has 1 aliphatic rings. The van der Waals surface area contributed by atoms with Crippen LogP contribution in [0.5, 0.6) is 0 Å². The minimum atomic E-state index is -0.280. The summed E-state index contributed by atoms with van der Waals surface area (Å²) in [7, 11) is 0. The van der Waals surface area contributed by atoms with Crippen LogP contribution in [0.1, 0.15) is 24.6 Å². The van der Waals surface area contributed by atoms with Gasteiger partial charge in [-0.1, -0.05) is 6.07 Å². The predicted molar refractivity (Wildman–Crippen MR) is 59.2 cm³/mol. The molecular weight excluding hydrogens is 259 g/mol. The molecule has 0 amide bonds. The molecular formula is C11H8BrFN2. The zero-order valence-electron chi connectivity index (χ0n) is 7.87. The molecule has 0 radical (unpaired) electrons. The molecule has 3 rings (SSSR count). The molecule has 15 heavy (non-hydrogen) atoms. The molecule has 0 saturated heterocycles. The molecule has 0 N–H and O–H groups in total. The van der Waals surface area contributed by atoms with Crippen LogP contribution in [0.25, 0.3) is 10.9 Å². The SMILES string of the molecule is Fc1cccc2c(Br)nc(C3CC3)nc12. The molecule has 0 atom stereocenters. The first-order valence-corrected chi connectivity index (χ1v) is 5.66. The van der Waals surface area contributed by atoms with Gasteiger partial charge in [-0.25, -0.2) is 14.4 Å². The summed E-state index contributed by atoms with van der Waals surface area (Å²) in [5, 5.41) is 0.736. The Morgan fingerprint density at radius 3 is 2.80 bits per heavy atom. The Hall–Kier alpha value is -1.03. The monoisotopic (exact) mass is 266 g/mol. The molecule has 0 aliphatic heterocycles. The van der Waals surface area contributed by atoms with Gasteiger partial charge >= 0.3 is 0 Å². The molecule has 1 aromatic carbocycles. The van der Waals surface area contributed by atoms with Crippen LogP contribution >= 0.6 is 15.9 Å². The van der Waals surface area contributed by atoms with Crippen molar-refractivity contribution in [3.8, 4) is 0 Å². The van der Waals surface area contributed by atoms with Gasteiger partial charge in [0.05, 0.1) is 0 Å². The van der Waals surface area contributed by atoms with Gasteiger partial charge in [0.15, 0.2) is 0 Å². The van der Waals surface area contributed by atoms with Gasteiger partial charge in [-0.3, -0.25) is 0 Å². The number of benzene rings is 1. The van der Waals surface area contributed by atoms with Gasteiger partial charge in [0.2, 0.25) is 0 Å². The van der Waals surface area contributed by atoms with Crippen LogP contribution < -0.4 is 0 Å². The first-order chi connectivity index (χ1) is 7.25. The van der Waals surface area contributed by atoms with Crippen LogP contribution in [-0.4, -0.2) is 9.97 Å². The highest BCUT2D eigenvalue weighted by Crippen LogP contribution is 2.39. The summed E-state index contributed by atoms with van der Waals surface area (Å²) in [6, 6.07) is 4.92. The normalized spacial score (nSPS) is 15.9. The zero-order valence-corrected chi connectivity index (χ0v) is 9.46. The van der Waals surface area contributed by atoms with Crippen LogP contribution in [0.15, 0.2) is 22.8 Å². The second-order valence-electron chi connectivity index (χ2n) is 3.78. The second kappa shape index (κ2) is 3.23. The highest BCUT2D eigenvalue weighted by molar-refractivity contribution is 9.10. The fourth-order valence-corrected chi connectivity index (χ4v) is 2.12. The zero-order chi connectivity index (χ0) is 10.4. The van der Waals surface area contributed by atoms with E-state index in [0.717, 1.165) is 24.1 Å². The highest BCUT2D eigenvalue weighted by Gasteiger charge is 2.27. The Morgan fingerprint density at radius 1 is 1.27 bits per heavy atom. The summed E-state index contributed by atoms with van der Waals surface area (Å²) in [5.41, 5.74) is 0.418. The number of halogens is 2. The summed E-state index contributed by atoms with van der Waals surface area (Å²) in [4.78, 5) is 8.62. The molecule has 0 spiro atoms. The highest BCUT2D eigenvalue weighted by atomic mass is 79.9. The summed E-state index contributed by atoms with van der Waals surface area (Å²) in [5.74, 6) is 0.919. The average molecular weight is 267 g/mol. The number of rotatable bonds is 1. The van der Waals surface area contributed by atoms with E-state index in [0.29, 0.717) is 16.0 Å². The number of aromatic nitrogens is 2. The first kappa shape index (κ1) is 9.21. The number of fused-ring (bicyclic) bond motifs is 1. The van der Waals surface area contributed by atoms with Crippen molar-refractivity contribution < 1.29 is 4.39 Å². The Balaban J connectivity index is 2.32. The van der Waals surface area contributed by atoms with Gasteiger partial charge in [-0.15, -0.1) is 0 Å². The van der Waals surface area contributed by atoms with E-state index in [1.54, 1.807) is 6.07 Å². The van der Waals surface area contributed by atoms with E-state index in [4.69, 9.17) is 0 Å². The lowest BCUT2D eigenvalue weighted by Crippen LogP contribution is -1.96. The van der Waals surface area contributed by atoms with E-state index in [1.807, 2.05) is 6.07 Å². The van der Waals surface area contributed by atoms with Crippen molar-refractivity contribution in [3.05, 3.63) is 34.4 Å². The van der Waals surface area contributed by atoms with Crippen molar-refractivity contribution in [1.29, 1.82) is 0 Å². The standard InChI is InChI=1S/C11H8BrFN2/c12-10-7-2-1-3-8(13)9(7)14-11(15-10)6-4-5-6/h1-3,6H,4-5H2. The maximum atomic E-state index is 13.5. The topological polar surface area (TPSA) is 25.8 Å². The summed E-state index contributed by atoms with van der Waals surface area (Å²) < 4.78 is 14.2. The van der Waals surface area contributed by atoms with E-state index in [-0.39, 0.29) is 5.82 Å². The maximum Gasteiger partial charge on any atom is 0.149 e. The van der Waals surface area contributed by atoms with Crippen LogP contribution in [0, 0.1) is 5.82 Å². The Bertz CT molecular complexity index is 537. The molecule has 1 saturated carbocycles. The van der Waals surface area contributed by atoms with Crippen molar-refractivity contribution in [2.45, 2.75) is 18.8 Å². The van der Waals surface area contributed by atoms with E-state index in [1.165, 1.54) is 6.07 Å². The number of hydrogen-bond acceptors (Lipinski definition) is 2. The summed E-state index contributed by atoms with van der Waals surface area (Å²) in [6.07, 6.45) is 2.23. The van der Waals surface area contributed by atoms with Gasteiger partial charge in [-0.05, 0) is 40.9 Å². The van der Waals surface area contributed by atoms with Crippen LogP contribution in [0.2, 0.25) is 0 Å². The Kier molecular flexibility index (Phi) is 1.99. The third-order valence-electron chi connectivity index (χ3n) is 2.59. The number of hydrogen-bond donors (Lipinski definition) is 0. The molecule has 0 unspecified atom stereocenters. The molecule has 4 heteroatoms. The number of nitrogens with zero attached hydrogens (tertiary/aromatic N) is 2. The minimum Gasteiger partial charge on any atom is -0.229 e. The lowest BCUT2D eigenvalue weighted by molar-refractivity contribution is 0.635. The summed E-state index contributed by atoms with van der Waals surface area (Å²) >= 11 is 3.36. The van der Waals surface area contributed by atoms with Crippen LogP contribution in [0.4, 0.5) is 4.39 Å². The maximum absolute atomic E-state index is 13.5. The lowest BCUT2D eigenvalue weighted by atomic mass is 10.2. The molecule has 2 nitrogen and oxygen atoms in total. The van der Waals surface area contributed by atoms with Crippen LogP contribution in [0.3, 0.4) is 0 Å². The quantitative estimate of drug-likeness (QED) is 0.740. The molecule has 1 aliphatic carbocycles. The molecule has 2 aromatic rings. The van der Waals surface area contributed by atoms with Crippen molar-refractivity contribution >= 4 is 26.8 Å². The second-order valence-corrected chi connectivity index (χ2v) is 4.53. The van der Waals surface area contributed by atoms with Gasteiger partial charge < -0.3 is 0 Å². The molecule has 1 heterocycles. The third-order valence-corrected chi connectivity index (χ3v) is 3.20. The average Bonchev–Trinajstić information content (AvgIpc) is 3.02. The number of para-hydroxylation sites is 1. The van der Waals surface area contributed by atoms with E-state index >= 15 is 0 Å². The van der Waals surface area contributed by atoms with Crippen molar-refractivity contribution in [1.82, 2.24) is 9.97 Å². The van der Waals surface area contributed by atoms with E-state index in [9.17, 15) is 4.39 Å². The van der Waals surface area contributed by atoms with E-state index in [2.05, 4.69) is 25.9 Å². The Morgan fingerprint density at radius 2 is 2.07 bits per heavy atom. The Labute approximate surface area is 94.7 Å². The fraction of sp³-hybridized carbons (Fsp3) is 0.273. The molecule has 1 fully saturated rings. The minimum absolute atomic E-state index is 0.280. The first-order valence-electron chi connectivity index (χ1n) is 4.87.